The van der Waals surface area contributed by atoms with Gasteiger partial charge in [-0.05, 0) is 19.1 Å². The Morgan fingerprint density at radius 1 is 1.44 bits per heavy atom. The molecule has 0 atom stereocenters. The summed E-state index contributed by atoms with van der Waals surface area (Å²) in [5.74, 6) is 0.0166. The SMILES string of the molecule is COCC(=O)Nn1c(C)nc2ccccc2c1=O. The number of nitrogens with zero attached hydrogens (tertiary/aromatic N) is 2. The van der Waals surface area contributed by atoms with Crippen LogP contribution in [0.3, 0.4) is 0 Å². The predicted molar refractivity (Wildman–Crippen MR) is 67.0 cm³/mol. The van der Waals surface area contributed by atoms with Crippen LogP contribution in [0.2, 0.25) is 0 Å². The van der Waals surface area contributed by atoms with E-state index in [0.29, 0.717) is 16.7 Å². The standard InChI is InChI=1S/C12H13N3O3/c1-8-13-10-6-4-3-5-9(10)12(17)15(8)14-11(16)7-18-2/h3-6H,7H2,1-2H3,(H,14,16). The molecule has 1 aromatic heterocycles. The largest absolute Gasteiger partial charge is 0.375 e. The number of aryl methyl sites for hydroxylation is 1. The first-order valence-electron chi connectivity index (χ1n) is 5.40. The normalized spacial score (nSPS) is 10.6. The van der Waals surface area contributed by atoms with Crippen LogP contribution in [0, 0.1) is 6.92 Å². The average molecular weight is 247 g/mol. The van der Waals surface area contributed by atoms with Crippen LogP contribution in [0.4, 0.5) is 0 Å². The molecule has 0 saturated carbocycles. The summed E-state index contributed by atoms with van der Waals surface area (Å²) in [6, 6.07) is 6.98. The van der Waals surface area contributed by atoms with E-state index in [1.165, 1.54) is 7.11 Å². The molecule has 6 heteroatoms. The molecule has 1 N–H and O–H groups in total. The Morgan fingerprint density at radius 2 is 2.17 bits per heavy atom. The van der Waals surface area contributed by atoms with Crippen LogP contribution in [-0.4, -0.2) is 29.3 Å². The molecule has 0 bridgehead atoms. The second kappa shape index (κ2) is 4.97. The van der Waals surface area contributed by atoms with Crippen molar-refractivity contribution < 1.29 is 9.53 Å². The van der Waals surface area contributed by atoms with Gasteiger partial charge in [0.15, 0.2) is 0 Å². The van der Waals surface area contributed by atoms with Gasteiger partial charge in [-0.1, -0.05) is 12.1 Å². The van der Waals surface area contributed by atoms with Gasteiger partial charge in [0.25, 0.3) is 11.5 Å². The lowest BCUT2D eigenvalue weighted by Crippen LogP contribution is -2.37. The number of fused-ring (bicyclic) bond motifs is 1. The summed E-state index contributed by atoms with van der Waals surface area (Å²) in [5, 5.41) is 0.459. The smallest absolute Gasteiger partial charge is 0.280 e. The topological polar surface area (TPSA) is 73.2 Å². The zero-order valence-corrected chi connectivity index (χ0v) is 10.1. The van der Waals surface area contributed by atoms with Crippen molar-refractivity contribution in [2.45, 2.75) is 6.92 Å². The molecule has 6 nitrogen and oxygen atoms in total. The van der Waals surface area contributed by atoms with Gasteiger partial charge >= 0.3 is 0 Å². The minimum absolute atomic E-state index is 0.112. The van der Waals surface area contributed by atoms with Crippen molar-refractivity contribution in [2.24, 2.45) is 0 Å². The fourth-order valence-corrected chi connectivity index (χ4v) is 1.66. The van der Waals surface area contributed by atoms with Gasteiger partial charge in [0.1, 0.15) is 12.4 Å². The molecular formula is C12H13N3O3. The van der Waals surface area contributed by atoms with E-state index >= 15 is 0 Å². The third-order valence-corrected chi connectivity index (χ3v) is 2.46. The Labute approximate surface area is 103 Å². The van der Waals surface area contributed by atoms with Crippen LogP contribution in [0.25, 0.3) is 10.9 Å². The number of hydrogen-bond acceptors (Lipinski definition) is 4. The number of carbonyl (C=O) groups is 1. The number of benzene rings is 1. The highest BCUT2D eigenvalue weighted by Crippen LogP contribution is 2.06. The average Bonchev–Trinajstić information content (AvgIpc) is 2.35. The van der Waals surface area contributed by atoms with Gasteiger partial charge in [-0.3, -0.25) is 15.0 Å². The van der Waals surface area contributed by atoms with Crippen LogP contribution in [0.5, 0.6) is 0 Å². The van der Waals surface area contributed by atoms with Gasteiger partial charge in [0.2, 0.25) is 0 Å². The second-order valence-electron chi connectivity index (χ2n) is 3.78. The predicted octanol–water partition coefficient (Wildman–Crippen LogP) is 0.421. The number of hydrogen-bond donors (Lipinski definition) is 1. The highest BCUT2D eigenvalue weighted by molar-refractivity contribution is 5.85. The number of carbonyl (C=O) groups excluding carboxylic acids is 1. The van der Waals surface area contributed by atoms with Crippen LogP contribution in [-0.2, 0) is 9.53 Å². The van der Waals surface area contributed by atoms with Gasteiger partial charge in [0, 0.05) is 7.11 Å². The highest BCUT2D eigenvalue weighted by atomic mass is 16.5. The maximum Gasteiger partial charge on any atom is 0.280 e. The quantitative estimate of drug-likeness (QED) is 0.853. The van der Waals surface area contributed by atoms with E-state index in [1.807, 2.05) is 6.07 Å². The van der Waals surface area contributed by atoms with Crippen molar-refractivity contribution >= 4 is 16.8 Å². The summed E-state index contributed by atoms with van der Waals surface area (Å²) in [6.07, 6.45) is 0. The fourth-order valence-electron chi connectivity index (χ4n) is 1.66. The van der Waals surface area contributed by atoms with E-state index in [0.717, 1.165) is 4.68 Å². The second-order valence-corrected chi connectivity index (χ2v) is 3.78. The Kier molecular flexibility index (Phi) is 3.38. The van der Waals surface area contributed by atoms with Gasteiger partial charge < -0.3 is 4.74 Å². The Hall–Kier alpha value is -2.21. The minimum atomic E-state index is -0.403. The zero-order chi connectivity index (χ0) is 13.1. The molecule has 1 amide bonds. The molecule has 0 aliphatic rings. The lowest BCUT2D eigenvalue weighted by Gasteiger charge is -2.11. The molecule has 1 aromatic carbocycles. The number of nitrogens with one attached hydrogen (secondary N) is 1. The molecule has 0 aliphatic carbocycles. The van der Waals surface area contributed by atoms with Crippen molar-refractivity contribution in [3.05, 3.63) is 40.4 Å². The van der Waals surface area contributed by atoms with Crippen molar-refractivity contribution in [3.63, 3.8) is 0 Å². The number of aromatic nitrogens is 2. The van der Waals surface area contributed by atoms with Crippen molar-refractivity contribution in [2.75, 3.05) is 19.1 Å². The Morgan fingerprint density at radius 3 is 2.89 bits per heavy atom. The lowest BCUT2D eigenvalue weighted by atomic mass is 10.2. The first-order chi connectivity index (χ1) is 8.63. The highest BCUT2D eigenvalue weighted by Gasteiger charge is 2.09. The van der Waals surface area contributed by atoms with Crippen molar-refractivity contribution in [1.82, 2.24) is 9.66 Å². The lowest BCUT2D eigenvalue weighted by molar-refractivity contribution is -0.120. The summed E-state index contributed by atoms with van der Waals surface area (Å²) in [7, 11) is 1.41. The summed E-state index contributed by atoms with van der Waals surface area (Å²) < 4.78 is 5.82. The molecule has 2 aromatic rings. The number of methoxy groups -OCH3 is 1. The molecule has 0 fully saturated rings. The summed E-state index contributed by atoms with van der Waals surface area (Å²) >= 11 is 0. The summed E-state index contributed by atoms with van der Waals surface area (Å²) in [4.78, 5) is 27.8. The van der Waals surface area contributed by atoms with Gasteiger partial charge in [-0.25, -0.2) is 9.66 Å². The van der Waals surface area contributed by atoms with Crippen LogP contribution in [0.15, 0.2) is 29.1 Å². The fraction of sp³-hybridized carbons (Fsp3) is 0.250. The first-order valence-corrected chi connectivity index (χ1v) is 5.40. The third-order valence-electron chi connectivity index (χ3n) is 2.46. The summed E-state index contributed by atoms with van der Waals surface area (Å²) in [6.45, 7) is 1.54. The molecular weight excluding hydrogens is 234 g/mol. The van der Waals surface area contributed by atoms with E-state index in [1.54, 1.807) is 25.1 Å². The van der Waals surface area contributed by atoms with E-state index in [2.05, 4.69) is 10.4 Å². The molecule has 18 heavy (non-hydrogen) atoms. The number of para-hydroxylation sites is 1. The maximum absolute atomic E-state index is 12.2. The van der Waals surface area contributed by atoms with Crippen LogP contribution in [0.1, 0.15) is 5.82 Å². The maximum atomic E-state index is 12.2. The van der Waals surface area contributed by atoms with Crippen LogP contribution >= 0.6 is 0 Å². The van der Waals surface area contributed by atoms with Crippen molar-refractivity contribution in [1.29, 1.82) is 0 Å². The minimum Gasteiger partial charge on any atom is -0.375 e. The molecule has 0 saturated heterocycles. The zero-order valence-electron chi connectivity index (χ0n) is 10.1. The van der Waals surface area contributed by atoms with E-state index in [9.17, 15) is 9.59 Å². The van der Waals surface area contributed by atoms with Crippen molar-refractivity contribution in [3.8, 4) is 0 Å². The Bertz CT molecular complexity index is 649. The number of ether oxygens (including phenoxy) is 1. The number of amides is 1. The molecule has 0 unspecified atom stereocenters. The van der Waals surface area contributed by atoms with Crippen LogP contribution < -0.4 is 11.0 Å². The van der Waals surface area contributed by atoms with Gasteiger partial charge in [-0.15, -0.1) is 0 Å². The monoisotopic (exact) mass is 247 g/mol. The molecule has 1 heterocycles. The molecule has 0 aliphatic heterocycles. The Balaban J connectivity index is 2.51. The van der Waals surface area contributed by atoms with Gasteiger partial charge in [-0.2, -0.15) is 0 Å². The molecule has 0 spiro atoms. The third kappa shape index (κ3) is 2.23. The molecule has 0 radical (unpaired) electrons. The first kappa shape index (κ1) is 12.3. The summed E-state index contributed by atoms with van der Waals surface area (Å²) in [5.41, 5.74) is 2.75. The van der Waals surface area contributed by atoms with Gasteiger partial charge in [0.05, 0.1) is 10.9 Å². The van der Waals surface area contributed by atoms with E-state index < -0.39 is 5.91 Å². The molecule has 94 valence electrons. The van der Waals surface area contributed by atoms with E-state index in [-0.39, 0.29) is 12.2 Å². The number of rotatable bonds is 3. The van der Waals surface area contributed by atoms with E-state index in [4.69, 9.17) is 4.74 Å². The molecule has 2 rings (SSSR count).